The van der Waals surface area contributed by atoms with Gasteiger partial charge in [-0.05, 0) is 25.7 Å². The van der Waals surface area contributed by atoms with Crippen LogP contribution in [0, 0.1) is 0 Å². The van der Waals surface area contributed by atoms with Gasteiger partial charge in [-0.3, -0.25) is 0 Å². The molecular formula is C22H38N4O10. The predicted molar refractivity (Wildman–Crippen MR) is 124 cm³/mol. The van der Waals surface area contributed by atoms with Gasteiger partial charge in [0.05, 0.1) is 12.2 Å². The van der Waals surface area contributed by atoms with Crippen LogP contribution in [-0.2, 0) is 18.9 Å². The van der Waals surface area contributed by atoms with Gasteiger partial charge in [0.25, 0.3) is 12.0 Å². The van der Waals surface area contributed by atoms with E-state index in [0.717, 1.165) is 25.7 Å². The molecule has 4 aliphatic rings. The molecule has 8 N–H and O–H groups in total. The van der Waals surface area contributed by atoms with Gasteiger partial charge < -0.3 is 60.2 Å². The highest BCUT2D eigenvalue weighted by molar-refractivity contribution is 5.76. The van der Waals surface area contributed by atoms with Crippen molar-refractivity contribution in [3.63, 3.8) is 0 Å². The molecule has 10 atom stereocenters. The van der Waals surface area contributed by atoms with E-state index in [9.17, 15) is 20.4 Å². The zero-order valence-corrected chi connectivity index (χ0v) is 20.1. The Balaban J connectivity index is 1.09. The van der Waals surface area contributed by atoms with Crippen molar-refractivity contribution in [1.82, 2.24) is 10.6 Å². The number of aliphatic hydroxyl groups excluding tert-OH is 6. The molecule has 0 aromatic carbocycles. The first-order valence-corrected chi connectivity index (χ1v) is 12.6. The summed E-state index contributed by atoms with van der Waals surface area (Å²) in [5.74, 6) is 0. The predicted octanol–water partition coefficient (Wildman–Crippen LogP) is -3.11. The van der Waals surface area contributed by atoms with Crippen molar-refractivity contribution in [1.29, 1.82) is 0 Å². The monoisotopic (exact) mass is 518 g/mol. The number of rotatable bonds is 11. The Hall–Kier alpha value is -1.78. The van der Waals surface area contributed by atoms with E-state index in [1.165, 1.54) is 0 Å². The summed E-state index contributed by atoms with van der Waals surface area (Å²) >= 11 is 0. The number of hydrogen-bond acceptors (Lipinski definition) is 13. The second-order valence-electron chi connectivity index (χ2n) is 9.42. The largest absolute Gasteiger partial charge is 0.454 e. The van der Waals surface area contributed by atoms with Gasteiger partial charge in [0.15, 0.2) is 24.7 Å². The summed E-state index contributed by atoms with van der Waals surface area (Å²) in [5.41, 5.74) is 0. The summed E-state index contributed by atoms with van der Waals surface area (Å²) in [5, 5.41) is 64.9. The average molecular weight is 519 g/mol. The molecule has 4 heterocycles. The summed E-state index contributed by atoms with van der Waals surface area (Å²) in [6.07, 6.45) is -4.81. The lowest BCUT2D eigenvalue weighted by atomic mass is 9.96. The molecule has 0 aliphatic carbocycles. The van der Waals surface area contributed by atoms with Gasteiger partial charge in [0, 0.05) is 26.3 Å². The molecule has 3 saturated heterocycles. The van der Waals surface area contributed by atoms with Crippen LogP contribution in [0.4, 0.5) is 0 Å². The molecule has 4 aliphatic heterocycles. The number of unbranched alkanes of at least 4 members (excludes halogenated alkanes) is 3. The zero-order chi connectivity index (χ0) is 25.7. The first kappa shape index (κ1) is 27.3. The number of amidine groups is 2. The van der Waals surface area contributed by atoms with Crippen molar-refractivity contribution < 1.29 is 49.6 Å². The molecular weight excluding hydrogens is 480 g/mol. The highest BCUT2D eigenvalue weighted by Crippen LogP contribution is 2.30. The maximum Gasteiger partial charge on any atom is 0.287 e. The van der Waals surface area contributed by atoms with E-state index >= 15 is 0 Å². The van der Waals surface area contributed by atoms with Gasteiger partial charge in [0.2, 0.25) is 0 Å². The van der Waals surface area contributed by atoms with E-state index in [-0.39, 0.29) is 38.1 Å². The van der Waals surface area contributed by atoms with Crippen molar-refractivity contribution in [2.24, 2.45) is 9.98 Å². The van der Waals surface area contributed by atoms with Gasteiger partial charge >= 0.3 is 0 Å². The summed E-state index contributed by atoms with van der Waals surface area (Å²) in [4.78, 5) is 8.65. The Morgan fingerprint density at radius 1 is 0.806 bits per heavy atom. The van der Waals surface area contributed by atoms with Crippen LogP contribution in [0.1, 0.15) is 38.5 Å². The van der Waals surface area contributed by atoms with E-state index in [4.69, 9.17) is 29.2 Å². The fourth-order valence-corrected chi connectivity index (χ4v) is 4.77. The van der Waals surface area contributed by atoms with E-state index in [1.54, 1.807) is 0 Å². The molecule has 4 rings (SSSR count). The number of fused-ring (bicyclic) bond motifs is 2. The minimum atomic E-state index is -1.14. The third-order valence-electron chi connectivity index (χ3n) is 6.80. The Morgan fingerprint density at radius 3 is 2.19 bits per heavy atom. The SMILES string of the molecule is OCC[C@H]1O[C@H]2N=C(NCCCCCCN=C3N[C@@H]4O[C@H](CCO)[C@@H](O)[C@H](O)[C@H]4O3)O[C@@H]2[C@@H](O)[C@@H]1O. The second-order valence-corrected chi connectivity index (χ2v) is 9.42. The number of aliphatic imine (C=N–C) groups is 2. The van der Waals surface area contributed by atoms with Gasteiger partial charge in [-0.1, -0.05) is 12.8 Å². The molecule has 3 fully saturated rings. The van der Waals surface area contributed by atoms with Crippen LogP contribution < -0.4 is 10.6 Å². The second kappa shape index (κ2) is 12.6. The number of nitrogens with zero attached hydrogens (tertiary/aromatic N) is 2. The van der Waals surface area contributed by atoms with Gasteiger partial charge in [-0.15, -0.1) is 0 Å². The van der Waals surface area contributed by atoms with Crippen molar-refractivity contribution in [3.05, 3.63) is 0 Å². The lowest BCUT2D eigenvalue weighted by Crippen LogP contribution is -2.58. The summed E-state index contributed by atoms with van der Waals surface area (Å²) in [6, 6.07) is 0.546. The van der Waals surface area contributed by atoms with Crippen molar-refractivity contribution in [2.75, 3.05) is 26.3 Å². The molecule has 0 radical (unpaired) electrons. The molecule has 0 aromatic rings. The highest BCUT2D eigenvalue weighted by Gasteiger charge is 2.50. The van der Waals surface area contributed by atoms with Crippen LogP contribution in [0.2, 0.25) is 0 Å². The van der Waals surface area contributed by atoms with Gasteiger partial charge in [-0.2, -0.15) is 4.99 Å². The molecule has 0 saturated carbocycles. The minimum Gasteiger partial charge on any atom is -0.454 e. The zero-order valence-electron chi connectivity index (χ0n) is 20.1. The third-order valence-corrected chi connectivity index (χ3v) is 6.80. The van der Waals surface area contributed by atoms with Crippen LogP contribution in [0.3, 0.4) is 0 Å². The smallest absolute Gasteiger partial charge is 0.287 e. The molecule has 0 spiro atoms. The van der Waals surface area contributed by atoms with E-state index in [2.05, 4.69) is 20.6 Å². The van der Waals surface area contributed by atoms with E-state index < -0.39 is 61.3 Å². The summed E-state index contributed by atoms with van der Waals surface area (Å²) < 4.78 is 22.5. The lowest BCUT2D eigenvalue weighted by molar-refractivity contribution is -0.209. The Labute approximate surface area is 208 Å². The van der Waals surface area contributed by atoms with Gasteiger partial charge in [0.1, 0.15) is 24.4 Å². The van der Waals surface area contributed by atoms with Crippen LogP contribution >= 0.6 is 0 Å². The molecule has 0 aromatic heterocycles. The standard InChI is InChI=1S/C22H38N4O10/c27-9-5-11-13(29)15(31)17-19(33-11)25-21(35-17)23-7-3-1-2-4-8-24-22-26-20-18(36-22)16(32)14(30)12(34-20)6-10-28/h11-20,27-32H,1-10H2,(H,23,25)(H,24,26)/t11-,12-,13-,14-,15+,16+,17-,18-,19-,20-/m1/s1. The molecule has 206 valence electrons. The minimum absolute atomic E-state index is 0.154. The number of ether oxygens (including phenoxy) is 4. The van der Waals surface area contributed by atoms with Crippen LogP contribution in [-0.4, -0.2) is 130 Å². The molecule has 0 bridgehead atoms. The number of hydrogen-bond donors (Lipinski definition) is 8. The molecule has 14 nitrogen and oxygen atoms in total. The number of nitrogens with one attached hydrogen (secondary N) is 2. The fourth-order valence-electron chi connectivity index (χ4n) is 4.77. The van der Waals surface area contributed by atoms with Crippen LogP contribution in [0.25, 0.3) is 0 Å². The maximum atomic E-state index is 10.3. The normalized spacial score (nSPS) is 40.6. The molecule has 0 amide bonds. The van der Waals surface area contributed by atoms with Crippen LogP contribution in [0.5, 0.6) is 0 Å². The van der Waals surface area contributed by atoms with E-state index in [1.807, 2.05) is 0 Å². The van der Waals surface area contributed by atoms with Gasteiger partial charge in [-0.25, -0.2) is 4.99 Å². The fraction of sp³-hybridized carbons (Fsp3) is 0.909. The van der Waals surface area contributed by atoms with E-state index in [0.29, 0.717) is 13.1 Å². The van der Waals surface area contributed by atoms with Crippen LogP contribution in [0.15, 0.2) is 9.98 Å². The van der Waals surface area contributed by atoms with Crippen molar-refractivity contribution in [2.45, 2.75) is 99.8 Å². The first-order valence-electron chi connectivity index (χ1n) is 12.6. The topological polar surface area (TPSA) is 207 Å². The summed E-state index contributed by atoms with van der Waals surface area (Å²) in [6.45, 7) is 0.830. The lowest BCUT2D eigenvalue weighted by Gasteiger charge is -2.37. The quantitative estimate of drug-likeness (QED) is 0.128. The Morgan fingerprint density at radius 2 is 1.47 bits per heavy atom. The molecule has 0 unspecified atom stereocenters. The third kappa shape index (κ3) is 6.19. The van der Waals surface area contributed by atoms with Crippen molar-refractivity contribution in [3.8, 4) is 0 Å². The van der Waals surface area contributed by atoms with Crippen molar-refractivity contribution >= 4 is 12.0 Å². The maximum absolute atomic E-state index is 10.3. The first-order chi connectivity index (χ1) is 17.4. The molecule has 14 heteroatoms. The Kier molecular flexibility index (Phi) is 9.58. The number of aliphatic hydroxyl groups is 6. The molecule has 36 heavy (non-hydrogen) atoms. The average Bonchev–Trinajstić information content (AvgIpc) is 3.46. The Bertz CT molecular complexity index is 773. The summed E-state index contributed by atoms with van der Waals surface area (Å²) in [7, 11) is 0. The highest BCUT2D eigenvalue weighted by atomic mass is 16.6.